The van der Waals surface area contributed by atoms with E-state index in [1.807, 2.05) is 23.2 Å². The molecule has 0 unspecified atom stereocenters. The van der Waals surface area contributed by atoms with E-state index in [0.29, 0.717) is 19.0 Å². The Balaban J connectivity index is 1.75. The minimum atomic E-state index is 0.0230. The second-order valence-electron chi connectivity index (χ2n) is 6.69. The zero-order valence-corrected chi connectivity index (χ0v) is 15.2. The lowest BCUT2D eigenvalue weighted by Crippen LogP contribution is -2.42. The zero-order chi connectivity index (χ0) is 17.9. The third-order valence-corrected chi connectivity index (χ3v) is 4.14. The van der Waals surface area contributed by atoms with Crippen molar-refractivity contribution in [2.45, 2.75) is 39.5 Å². The van der Waals surface area contributed by atoms with E-state index in [9.17, 15) is 4.79 Å². The summed E-state index contributed by atoms with van der Waals surface area (Å²) in [4.78, 5) is 25.6. The maximum Gasteiger partial charge on any atom is 0.317 e. The van der Waals surface area contributed by atoms with Gasteiger partial charge in [0.05, 0.1) is 6.33 Å². The third-order valence-electron chi connectivity index (χ3n) is 4.14. The molecule has 0 bridgehead atoms. The van der Waals surface area contributed by atoms with Crippen LogP contribution in [-0.2, 0) is 12.8 Å². The summed E-state index contributed by atoms with van der Waals surface area (Å²) >= 11 is 0. The number of aromatic nitrogens is 3. The maximum absolute atomic E-state index is 12.5. The van der Waals surface area contributed by atoms with Gasteiger partial charge in [-0.2, -0.15) is 0 Å². The van der Waals surface area contributed by atoms with Gasteiger partial charge in [-0.3, -0.25) is 4.98 Å². The summed E-state index contributed by atoms with van der Waals surface area (Å²) in [6, 6.07) is 4.05. The molecule has 0 saturated carbocycles. The average Bonchev–Trinajstić information content (AvgIpc) is 3.13. The number of H-pyrrole nitrogens is 1. The fourth-order valence-electron chi connectivity index (χ4n) is 2.55. The molecule has 0 atom stereocenters. The van der Waals surface area contributed by atoms with E-state index >= 15 is 0 Å². The van der Waals surface area contributed by atoms with Crippen molar-refractivity contribution in [1.29, 1.82) is 0 Å². The first-order chi connectivity index (χ1) is 12.1. The molecule has 2 aromatic rings. The molecule has 6 heteroatoms. The average molecular weight is 343 g/mol. The predicted octanol–water partition coefficient (Wildman–Crippen LogP) is 3.04. The van der Waals surface area contributed by atoms with Crippen molar-refractivity contribution < 1.29 is 4.79 Å². The first-order valence-corrected chi connectivity index (χ1v) is 9.04. The third kappa shape index (κ3) is 7.37. The van der Waals surface area contributed by atoms with E-state index in [-0.39, 0.29) is 6.03 Å². The Morgan fingerprint density at radius 2 is 2.00 bits per heavy atom. The fraction of sp³-hybridized carbons (Fsp3) is 0.526. The van der Waals surface area contributed by atoms with Crippen LogP contribution in [0.15, 0.2) is 37.1 Å². The molecular formula is C19H29N5O. The Morgan fingerprint density at radius 1 is 1.20 bits per heavy atom. The van der Waals surface area contributed by atoms with Crippen LogP contribution < -0.4 is 5.32 Å². The number of pyridine rings is 1. The number of aryl methyl sites for hydroxylation is 1. The maximum atomic E-state index is 12.5. The molecule has 0 aromatic carbocycles. The molecule has 2 amide bonds. The van der Waals surface area contributed by atoms with Gasteiger partial charge < -0.3 is 15.2 Å². The molecule has 0 saturated heterocycles. The van der Waals surface area contributed by atoms with Gasteiger partial charge in [0.25, 0.3) is 0 Å². The van der Waals surface area contributed by atoms with Crippen LogP contribution in [0.25, 0.3) is 0 Å². The number of nitrogens with one attached hydrogen (secondary N) is 2. The van der Waals surface area contributed by atoms with Crippen LogP contribution in [0.5, 0.6) is 0 Å². The summed E-state index contributed by atoms with van der Waals surface area (Å²) in [5.41, 5.74) is 2.31. The molecule has 0 fully saturated rings. The molecule has 2 aromatic heterocycles. The lowest BCUT2D eigenvalue weighted by Gasteiger charge is -2.24. The Hall–Kier alpha value is -2.37. The zero-order valence-electron chi connectivity index (χ0n) is 15.2. The van der Waals surface area contributed by atoms with Crippen molar-refractivity contribution in [1.82, 2.24) is 25.2 Å². The number of rotatable bonds is 10. The van der Waals surface area contributed by atoms with Crippen LogP contribution in [0.4, 0.5) is 4.79 Å². The van der Waals surface area contributed by atoms with Gasteiger partial charge in [-0.25, -0.2) is 9.78 Å². The molecule has 6 nitrogen and oxygen atoms in total. The number of carbonyl (C=O) groups is 1. The predicted molar refractivity (Wildman–Crippen MR) is 99.3 cm³/mol. The summed E-state index contributed by atoms with van der Waals surface area (Å²) in [5, 5.41) is 3.05. The van der Waals surface area contributed by atoms with E-state index in [1.165, 1.54) is 5.56 Å². The van der Waals surface area contributed by atoms with Crippen LogP contribution in [0.3, 0.4) is 0 Å². The molecule has 0 aliphatic heterocycles. The van der Waals surface area contributed by atoms with Crippen LogP contribution >= 0.6 is 0 Å². The number of urea groups is 1. The number of hydrogen-bond acceptors (Lipinski definition) is 3. The molecular weight excluding hydrogens is 314 g/mol. The van der Waals surface area contributed by atoms with Crippen molar-refractivity contribution in [2.24, 2.45) is 5.92 Å². The SMILES string of the molecule is CC(C)CCN(CCc1cnc[nH]1)C(=O)NCCCc1ccncc1. The molecule has 2 N–H and O–H groups in total. The lowest BCUT2D eigenvalue weighted by molar-refractivity contribution is 0.195. The number of aromatic amines is 1. The normalized spacial score (nSPS) is 10.8. The highest BCUT2D eigenvalue weighted by atomic mass is 16.2. The van der Waals surface area contributed by atoms with Crippen molar-refractivity contribution in [2.75, 3.05) is 19.6 Å². The summed E-state index contributed by atoms with van der Waals surface area (Å²) in [6.07, 6.45) is 10.8. The van der Waals surface area contributed by atoms with Gasteiger partial charge in [0.15, 0.2) is 0 Å². The van der Waals surface area contributed by atoms with Gasteiger partial charge in [-0.1, -0.05) is 13.8 Å². The van der Waals surface area contributed by atoms with E-state index in [1.54, 1.807) is 18.7 Å². The second kappa shape index (κ2) is 10.5. The molecule has 0 radical (unpaired) electrons. The van der Waals surface area contributed by atoms with Crippen LogP contribution in [-0.4, -0.2) is 45.5 Å². The molecule has 136 valence electrons. The number of amides is 2. The van der Waals surface area contributed by atoms with Gasteiger partial charge in [0.2, 0.25) is 0 Å². The van der Waals surface area contributed by atoms with E-state index in [4.69, 9.17) is 0 Å². The van der Waals surface area contributed by atoms with Gasteiger partial charge >= 0.3 is 6.03 Å². The number of hydrogen-bond donors (Lipinski definition) is 2. The summed E-state index contributed by atoms with van der Waals surface area (Å²) in [6.45, 7) is 6.52. The molecule has 2 heterocycles. The summed E-state index contributed by atoms with van der Waals surface area (Å²) in [5.74, 6) is 0.578. The highest BCUT2D eigenvalue weighted by Gasteiger charge is 2.13. The highest BCUT2D eigenvalue weighted by molar-refractivity contribution is 5.74. The van der Waals surface area contributed by atoms with Crippen molar-refractivity contribution in [3.8, 4) is 0 Å². The smallest absolute Gasteiger partial charge is 0.317 e. The minimum absolute atomic E-state index is 0.0230. The Bertz CT molecular complexity index is 598. The molecule has 2 rings (SSSR count). The Labute approximate surface area is 150 Å². The van der Waals surface area contributed by atoms with E-state index in [0.717, 1.165) is 37.9 Å². The molecule has 0 aliphatic carbocycles. The van der Waals surface area contributed by atoms with Crippen LogP contribution in [0.2, 0.25) is 0 Å². The minimum Gasteiger partial charge on any atom is -0.348 e. The van der Waals surface area contributed by atoms with Crippen LogP contribution in [0, 0.1) is 5.92 Å². The van der Waals surface area contributed by atoms with Gasteiger partial charge in [-0.15, -0.1) is 0 Å². The van der Waals surface area contributed by atoms with E-state index < -0.39 is 0 Å². The summed E-state index contributed by atoms with van der Waals surface area (Å²) < 4.78 is 0. The Morgan fingerprint density at radius 3 is 2.68 bits per heavy atom. The Kier molecular flexibility index (Phi) is 7.95. The lowest BCUT2D eigenvalue weighted by atomic mass is 10.1. The number of imidazole rings is 1. The first kappa shape index (κ1) is 19.0. The summed E-state index contributed by atoms with van der Waals surface area (Å²) in [7, 11) is 0. The fourth-order valence-corrected chi connectivity index (χ4v) is 2.55. The highest BCUT2D eigenvalue weighted by Crippen LogP contribution is 2.05. The van der Waals surface area contributed by atoms with Gasteiger partial charge in [0, 0.05) is 50.3 Å². The van der Waals surface area contributed by atoms with Gasteiger partial charge in [-0.05, 0) is 42.9 Å². The number of nitrogens with zero attached hydrogens (tertiary/aromatic N) is 3. The first-order valence-electron chi connectivity index (χ1n) is 9.04. The largest absolute Gasteiger partial charge is 0.348 e. The van der Waals surface area contributed by atoms with Crippen molar-refractivity contribution in [3.63, 3.8) is 0 Å². The van der Waals surface area contributed by atoms with Gasteiger partial charge in [0.1, 0.15) is 0 Å². The molecule has 0 aliphatic rings. The topological polar surface area (TPSA) is 73.9 Å². The van der Waals surface area contributed by atoms with Crippen molar-refractivity contribution >= 4 is 6.03 Å². The van der Waals surface area contributed by atoms with Crippen LogP contribution in [0.1, 0.15) is 37.9 Å². The monoisotopic (exact) mass is 343 g/mol. The van der Waals surface area contributed by atoms with E-state index in [2.05, 4.69) is 34.1 Å². The number of carbonyl (C=O) groups excluding carboxylic acids is 1. The second-order valence-corrected chi connectivity index (χ2v) is 6.69. The molecule has 0 spiro atoms. The quantitative estimate of drug-likeness (QED) is 0.651. The van der Waals surface area contributed by atoms with Crippen molar-refractivity contribution in [3.05, 3.63) is 48.3 Å². The standard InChI is InChI=1S/C19H29N5O/c1-16(2)7-12-24(13-8-18-14-21-15-23-18)19(25)22-9-3-4-17-5-10-20-11-6-17/h5-6,10-11,14-16H,3-4,7-9,12-13H2,1-2H3,(H,21,23)(H,22,25). The molecule has 25 heavy (non-hydrogen) atoms.